The summed E-state index contributed by atoms with van der Waals surface area (Å²) in [7, 11) is 0. The fourth-order valence-corrected chi connectivity index (χ4v) is 3.58. The van der Waals surface area contributed by atoms with Crippen LogP contribution in [0.25, 0.3) is 0 Å². The molecule has 0 saturated carbocycles. The molecule has 8 heteroatoms. The zero-order valence-corrected chi connectivity index (χ0v) is 20.2. The Bertz CT molecular complexity index is 727. The fraction of sp³-hybridized carbons (Fsp3) is 0.545. The van der Waals surface area contributed by atoms with Gasteiger partial charge in [0.05, 0.1) is 6.54 Å². The number of anilines is 1. The lowest BCUT2D eigenvalue weighted by atomic mass is 9.97. The largest absolute Gasteiger partial charge is 0.396 e. The zero-order chi connectivity index (χ0) is 20.3. The maximum atomic E-state index is 9.29. The first-order chi connectivity index (χ1) is 14.3. The molecule has 0 spiro atoms. The summed E-state index contributed by atoms with van der Waals surface area (Å²) in [6, 6.07) is 10.7. The van der Waals surface area contributed by atoms with E-state index in [2.05, 4.69) is 51.8 Å². The number of aliphatic imine (C=N–C) groups is 1. The van der Waals surface area contributed by atoms with E-state index in [9.17, 15) is 5.11 Å². The van der Waals surface area contributed by atoms with Gasteiger partial charge in [0.1, 0.15) is 0 Å². The molecule has 1 aromatic heterocycles. The molecule has 1 aliphatic rings. The predicted molar refractivity (Wildman–Crippen MR) is 134 cm³/mol. The maximum absolute atomic E-state index is 9.29. The van der Waals surface area contributed by atoms with Gasteiger partial charge in [0.15, 0.2) is 5.96 Å². The quantitative estimate of drug-likeness (QED) is 0.203. The third-order valence-corrected chi connectivity index (χ3v) is 5.35. The first kappa shape index (κ1) is 24.5. The van der Waals surface area contributed by atoms with Crippen molar-refractivity contribution in [2.75, 3.05) is 37.7 Å². The lowest BCUT2D eigenvalue weighted by Crippen LogP contribution is -2.38. The van der Waals surface area contributed by atoms with E-state index in [1.165, 1.54) is 11.3 Å². The van der Waals surface area contributed by atoms with Gasteiger partial charge in [-0.15, -0.1) is 24.0 Å². The van der Waals surface area contributed by atoms with E-state index in [-0.39, 0.29) is 24.0 Å². The second-order valence-electron chi connectivity index (χ2n) is 7.52. The summed E-state index contributed by atoms with van der Waals surface area (Å²) >= 11 is 0. The topological polar surface area (TPSA) is 77.7 Å². The number of aliphatic hydroxyl groups excluding tert-OH is 1. The van der Waals surface area contributed by atoms with E-state index in [1.54, 1.807) is 6.20 Å². The third kappa shape index (κ3) is 7.79. The van der Waals surface area contributed by atoms with Crippen molar-refractivity contribution in [2.45, 2.75) is 39.3 Å². The average molecular weight is 526 g/mol. The van der Waals surface area contributed by atoms with Crippen LogP contribution in [0.2, 0.25) is 0 Å². The molecule has 166 valence electrons. The Morgan fingerprint density at radius 2 is 1.97 bits per heavy atom. The summed E-state index contributed by atoms with van der Waals surface area (Å²) in [6.07, 6.45) is 6.92. The van der Waals surface area contributed by atoms with Gasteiger partial charge in [-0.05, 0) is 55.9 Å². The van der Waals surface area contributed by atoms with Crippen LogP contribution in [0.1, 0.15) is 31.7 Å². The Balaban J connectivity index is 0.00000320. The number of guanidine groups is 1. The maximum Gasteiger partial charge on any atom is 0.191 e. The van der Waals surface area contributed by atoms with Crippen molar-refractivity contribution in [2.24, 2.45) is 10.9 Å². The molecule has 1 saturated heterocycles. The number of hydrogen-bond acceptors (Lipinski definition) is 4. The summed E-state index contributed by atoms with van der Waals surface area (Å²) in [5.74, 6) is 1.32. The van der Waals surface area contributed by atoms with Crippen molar-refractivity contribution in [3.05, 3.63) is 48.3 Å². The number of nitrogens with one attached hydrogen (secondary N) is 2. The second-order valence-corrected chi connectivity index (χ2v) is 7.52. The van der Waals surface area contributed by atoms with Crippen molar-refractivity contribution in [1.82, 2.24) is 20.4 Å². The number of hydrogen-bond donors (Lipinski definition) is 3. The monoisotopic (exact) mass is 526 g/mol. The summed E-state index contributed by atoms with van der Waals surface area (Å²) in [5.41, 5.74) is 2.46. The van der Waals surface area contributed by atoms with Crippen molar-refractivity contribution in [3.8, 4) is 0 Å². The van der Waals surface area contributed by atoms with Crippen LogP contribution in [0.5, 0.6) is 0 Å². The summed E-state index contributed by atoms with van der Waals surface area (Å²) in [5, 5.41) is 20.2. The highest BCUT2D eigenvalue weighted by Crippen LogP contribution is 2.23. The Morgan fingerprint density at radius 1 is 1.20 bits per heavy atom. The number of aromatic nitrogens is 2. The van der Waals surface area contributed by atoms with Gasteiger partial charge in [-0.2, -0.15) is 5.10 Å². The molecule has 0 aliphatic carbocycles. The number of piperidine rings is 1. The van der Waals surface area contributed by atoms with E-state index in [1.807, 2.05) is 16.9 Å². The number of benzene rings is 1. The molecule has 1 aliphatic heterocycles. The van der Waals surface area contributed by atoms with Crippen LogP contribution in [0.3, 0.4) is 0 Å². The SMILES string of the molecule is CCNC(=NCc1ccc(N2CCC(CO)CC2)cc1)NCCCn1cccn1.I. The lowest BCUT2D eigenvalue weighted by Gasteiger charge is -2.32. The zero-order valence-electron chi connectivity index (χ0n) is 17.8. The minimum absolute atomic E-state index is 0. The molecule has 0 atom stereocenters. The van der Waals surface area contributed by atoms with E-state index in [0.29, 0.717) is 19.1 Å². The second kappa shape index (κ2) is 13.5. The summed E-state index contributed by atoms with van der Waals surface area (Å²) < 4.78 is 1.94. The van der Waals surface area contributed by atoms with Crippen LogP contribution in [0, 0.1) is 5.92 Å². The fourth-order valence-electron chi connectivity index (χ4n) is 3.58. The highest BCUT2D eigenvalue weighted by Gasteiger charge is 2.18. The van der Waals surface area contributed by atoms with Crippen LogP contribution < -0.4 is 15.5 Å². The van der Waals surface area contributed by atoms with Gasteiger partial charge >= 0.3 is 0 Å². The number of nitrogens with zero attached hydrogens (tertiary/aromatic N) is 4. The first-order valence-corrected chi connectivity index (χ1v) is 10.7. The van der Waals surface area contributed by atoms with Gasteiger partial charge in [-0.3, -0.25) is 4.68 Å². The molecular formula is C22H35IN6O. The van der Waals surface area contributed by atoms with Gasteiger partial charge in [-0.1, -0.05) is 12.1 Å². The predicted octanol–water partition coefficient (Wildman–Crippen LogP) is 2.86. The van der Waals surface area contributed by atoms with Gasteiger partial charge in [0.25, 0.3) is 0 Å². The summed E-state index contributed by atoms with van der Waals surface area (Å²) in [4.78, 5) is 7.12. The minimum Gasteiger partial charge on any atom is -0.396 e. The highest BCUT2D eigenvalue weighted by molar-refractivity contribution is 14.0. The smallest absolute Gasteiger partial charge is 0.191 e. The molecule has 1 aromatic carbocycles. The Hall–Kier alpha value is -1.81. The molecule has 2 heterocycles. The molecule has 3 N–H and O–H groups in total. The Kier molecular flexibility index (Phi) is 11.0. The number of aliphatic hydroxyl groups is 1. The lowest BCUT2D eigenvalue weighted by molar-refractivity contribution is 0.203. The molecule has 0 radical (unpaired) electrons. The number of halogens is 1. The average Bonchev–Trinajstić information content (AvgIpc) is 3.29. The van der Waals surface area contributed by atoms with Crippen LogP contribution >= 0.6 is 24.0 Å². The molecule has 0 unspecified atom stereocenters. The van der Waals surface area contributed by atoms with Crippen LogP contribution in [-0.4, -0.2) is 53.6 Å². The third-order valence-electron chi connectivity index (χ3n) is 5.35. The van der Waals surface area contributed by atoms with Gasteiger partial charge in [-0.25, -0.2) is 4.99 Å². The van der Waals surface area contributed by atoms with E-state index < -0.39 is 0 Å². The van der Waals surface area contributed by atoms with Crippen LogP contribution in [0.15, 0.2) is 47.7 Å². The number of rotatable bonds is 9. The first-order valence-electron chi connectivity index (χ1n) is 10.7. The molecule has 0 bridgehead atoms. The molecule has 0 amide bonds. The van der Waals surface area contributed by atoms with Crippen LogP contribution in [-0.2, 0) is 13.1 Å². The molecular weight excluding hydrogens is 491 g/mol. The summed E-state index contributed by atoms with van der Waals surface area (Å²) in [6.45, 7) is 7.69. The van der Waals surface area contributed by atoms with Crippen molar-refractivity contribution in [1.29, 1.82) is 0 Å². The van der Waals surface area contributed by atoms with E-state index in [4.69, 9.17) is 4.99 Å². The Labute approximate surface area is 197 Å². The minimum atomic E-state index is 0. The van der Waals surface area contributed by atoms with E-state index >= 15 is 0 Å². The van der Waals surface area contributed by atoms with E-state index in [0.717, 1.165) is 57.9 Å². The molecule has 1 fully saturated rings. The van der Waals surface area contributed by atoms with Gasteiger partial charge < -0.3 is 20.6 Å². The number of aryl methyl sites for hydroxylation is 1. The Morgan fingerprint density at radius 3 is 2.60 bits per heavy atom. The van der Waals surface area contributed by atoms with Crippen molar-refractivity contribution >= 4 is 35.6 Å². The molecule has 2 aromatic rings. The highest BCUT2D eigenvalue weighted by atomic mass is 127. The van der Waals surface area contributed by atoms with Gasteiger partial charge in [0.2, 0.25) is 0 Å². The van der Waals surface area contributed by atoms with Crippen molar-refractivity contribution < 1.29 is 5.11 Å². The molecule has 7 nitrogen and oxygen atoms in total. The standard InChI is InChI=1S/C22H34N6O.HI/c1-2-23-22(24-11-3-13-28-14-4-12-26-28)25-17-19-5-7-21(8-6-19)27-15-9-20(18-29)10-16-27;/h4-8,12,14,20,29H,2-3,9-11,13,15-18H2,1H3,(H2,23,24,25);1H. The molecule has 30 heavy (non-hydrogen) atoms. The van der Waals surface area contributed by atoms with Gasteiger partial charge in [0, 0.05) is 57.4 Å². The van der Waals surface area contributed by atoms with Crippen molar-refractivity contribution in [3.63, 3.8) is 0 Å². The molecule has 3 rings (SSSR count). The van der Waals surface area contributed by atoms with Crippen LogP contribution in [0.4, 0.5) is 5.69 Å². The normalized spacial score (nSPS) is 15.0.